The molecule has 3 heteroatoms. The molecule has 0 fully saturated rings. The van der Waals surface area contributed by atoms with Crippen LogP contribution in [0.3, 0.4) is 0 Å². The highest BCUT2D eigenvalue weighted by molar-refractivity contribution is 7.80. The molecule has 1 heterocycles. The van der Waals surface area contributed by atoms with Crippen LogP contribution < -0.4 is 31.3 Å². The average molecular weight is 603 g/mol. The Morgan fingerprint density at radius 1 is 0.545 bits per heavy atom. The van der Waals surface area contributed by atoms with Crippen molar-refractivity contribution >= 4 is 47.9 Å². The predicted octanol–water partition coefficient (Wildman–Crippen LogP) is 8.64. The van der Waals surface area contributed by atoms with E-state index in [1.54, 1.807) is 0 Å². The molecule has 1 aliphatic heterocycles. The number of hydrogen-bond donors (Lipinski definition) is 0. The number of fused-ring (bicyclic) bond motifs is 3. The molecule has 5 aromatic carbocycles. The monoisotopic (exact) mass is 602 g/mol. The van der Waals surface area contributed by atoms with Crippen molar-refractivity contribution in [1.29, 1.82) is 0 Å². The van der Waals surface area contributed by atoms with Gasteiger partial charge in [0.05, 0.1) is 0 Å². The van der Waals surface area contributed by atoms with Crippen molar-refractivity contribution in [2.45, 2.75) is 6.42 Å². The van der Waals surface area contributed by atoms with Gasteiger partial charge in [0.2, 0.25) is 0 Å². The molecule has 0 aromatic heterocycles. The highest BCUT2D eigenvalue weighted by atomic mass is 31.1. The number of rotatable bonds is 6. The van der Waals surface area contributed by atoms with E-state index in [2.05, 4.69) is 176 Å². The summed E-state index contributed by atoms with van der Waals surface area (Å²) in [5, 5.41) is 7.40. The Balaban J connectivity index is 1.44. The highest BCUT2D eigenvalue weighted by Gasteiger charge is 2.28. The van der Waals surface area contributed by atoms with Gasteiger partial charge in [-0.25, -0.2) is 0 Å². The average Bonchev–Trinajstić information content (AvgIpc) is 3.09. The van der Waals surface area contributed by atoms with E-state index in [0.717, 1.165) is 28.6 Å². The Morgan fingerprint density at radius 2 is 1.07 bits per heavy atom. The zero-order valence-electron chi connectivity index (χ0n) is 24.4. The van der Waals surface area contributed by atoms with Gasteiger partial charge in [-0.15, -0.1) is 0 Å². The molecule has 5 aromatic rings. The van der Waals surface area contributed by atoms with Gasteiger partial charge in [-0.1, -0.05) is 170 Å². The van der Waals surface area contributed by atoms with E-state index < -0.39 is 15.8 Å². The van der Waals surface area contributed by atoms with Crippen LogP contribution in [-0.4, -0.2) is 0 Å². The fourth-order valence-electron chi connectivity index (χ4n) is 5.76. The van der Waals surface area contributed by atoms with Gasteiger partial charge in [0, 0.05) is 16.2 Å². The first-order valence-electron chi connectivity index (χ1n) is 14.9. The van der Waals surface area contributed by atoms with Crippen LogP contribution in [0.25, 0.3) is 5.57 Å². The summed E-state index contributed by atoms with van der Waals surface area (Å²) in [6.45, 7) is 4.65. The maximum atomic E-state index is 7.12. The van der Waals surface area contributed by atoms with Gasteiger partial charge in [0.1, 0.15) is 11.5 Å². The molecule has 1 aliphatic carbocycles. The fourth-order valence-corrected chi connectivity index (χ4v) is 10.5. The molecule has 0 spiro atoms. The molecule has 0 atom stereocenters. The minimum absolute atomic E-state index is 0.690. The van der Waals surface area contributed by atoms with E-state index >= 15 is 0 Å². The van der Waals surface area contributed by atoms with Crippen LogP contribution in [0.4, 0.5) is 0 Å². The van der Waals surface area contributed by atoms with E-state index in [0.29, 0.717) is 5.76 Å². The smallest absolute Gasteiger partial charge is 0.143 e. The minimum atomic E-state index is -0.918. The topological polar surface area (TPSA) is 9.23 Å². The molecular formula is C41H32OP2. The molecule has 0 radical (unpaired) electrons. The largest absolute Gasteiger partial charge is 0.456 e. The van der Waals surface area contributed by atoms with Crippen LogP contribution in [0.15, 0.2) is 193 Å². The fraction of sp³-hybridized carbons (Fsp3) is 0.0244. The summed E-state index contributed by atoms with van der Waals surface area (Å²) in [5.74, 6) is 1.58. The third kappa shape index (κ3) is 5.82. The Morgan fingerprint density at radius 3 is 1.61 bits per heavy atom. The third-order valence-corrected chi connectivity index (χ3v) is 12.8. The van der Waals surface area contributed by atoms with Crippen molar-refractivity contribution in [3.8, 4) is 5.75 Å². The number of allylic oxidation sites excluding steroid dienone is 8. The summed E-state index contributed by atoms with van der Waals surface area (Å²) >= 11 is 0. The first-order valence-corrected chi connectivity index (χ1v) is 17.5. The molecule has 0 N–H and O–H groups in total. The first-order chi connectivity index (χ1) is 21.8. The Labute approximate surface area is 262 Å². The van der Waals surface area contributed by atoms with E-state index in [-0.39, 0.29) is 0 Å². The molecule has 0 amide bonds. The number of benzene rings is 5. The van der Waals surface area contributed by atoms with Gasteiger partial charge in [-0.2, -0.15) is 0 Å². The Hall–Kier alpha value is -4.54. The molecule has 0 saturated carbocycles. The summed E-state index contributed by atoms with van der Waals surface area (Å²) in [7, 11) is -1.81. The molecule has 2 aliphatic rings. The van der Waals surface area contributed by atoms with Crippen molar-refractivity contribution in [2.24, 2.45) is 0 Å². The second kappa shape index (κ2) is 13.0. The quantitative estimate of drug-likeness (QED) is 0.177. The van der Waals surface area contributed by atoms with Gasteiger partial charge in [0.25, 0.3) is 0 Å². The minimum Gasteiger partial charge on any atom is -0.456 e. The molecule has 212 valence electrons. The molecule has 2 bridgehead atoms. The number of ether oxygens (including phenoxy) is 1. The first kappa shape index (κ1) is 28.2. The predicted molar refractivity (Wildman–Crippen MR) is 192 cm³/mol. The van der Waals surface area contributed by atoms with Crippen LogP contribution in [0.2, 0.25) is 0 Å². The molecule has 0 unspecified atom stereocenters. The number of para-hydroxylation sites is 1. The molecule has 44 heavy (non-hydrogen) atoms. The second-order valence-electron chi connectivity index (χ2n) is 10.7. The van der Waals surface area contributed by atoms with Crippen molar-refractivity contribution in [3.63, 3.8) is 0 Å². The molecule has 0 saturated heterocycles. The lowest BCUT2D eigenvalue weighted by molar-refractivity contribution is 0.447. The maximum absolute atomic E-state index is 7.12. The Kier molecular flexibility index (Phi) is 8.34. The van der Waals surface area contributed by atoms with Crippen LogP contribution in [-0.2, 0) is 0 Å². The summed E-state index contributed by atoms with van der Waals surface area (Å²) in [4.78, 5) is 0. The molecular weight excluding hydrogens is 570 g/mol. The van der Waals surface area contributed by atoms with Gasteiger partial charge in [0.15, 0.2) is 0 Å². The SMILES string of the molecule is C=C1Oc2c(cccc2P(c2ccccc2)c2ccccc2)C2=C/C(=C\C=C/1P(c1ccccc1)c1ccccc1)CC=C2. The van der Waals surface area contributed by atoms with Gasteiger partial charge < -0.3 is 4.74 Å². The number of hydrogen-bond acceptors (Lipinski definition) is 1. The molecule has 1 nitrogen and oxygen atoms in total. The van der Waals surface area contributed by atoms with Gasteiger partial charge in [-0.3, -0.25) is 0 Å². The highest BCUT2D eigenvalue weighted by Crippen LogP contribution is 2.49. The van der Waals surface area contributed by atoms with Crippen molar-refractivity contribution < 1.29 is 4.74 Å². The summed E-state index contributed by atoms with van der Waals surface area (Å²) in [6, 6.07) is 49.8. The Bertz CT molecular complexity index is 1820. The lowest BCUT2D eigenvalue weighted by atomic mass is 9.95. The summed E-state index contributed by atoms with van der Waals surface area (Å²) < 4.78 is 7.12. The van der Waals surface area contributed by atoms with E-state index in [4.69, 9.17) is 4.74 Å². The summed E-state index contributed by atoms with van der Waals surface area (Å²) in [5.41, 5.74) is 3.53. The molecule has 7 rings (SSSR count). The van der Waals surface area contributed by atoms with Crippen LogP contribution in [0, 0.1) is 0 Å². The van der Waals surface area contributed by atoms with Gasteiger partial charge >= 0.3 is 0 Å². The maximum Gasteiger partial charge on any atom is 0.143 e. The van der Waals surface area contributed by atoms with Crippen molar-refractivity contribution in [1.82, 2.24) is 0 Å². The zero-order valence-corrected chi connectivity index (χ0v) is 26.2. The van der Waals surface area contributed by atoms with Crippen LogP contribution >= 0.6 is 15.8 Å². The zero-order chi connectivity index (χ0) is 29.7. The van der Waals surface area contributed by atoms with Crippen molar-refractivity contribution in [2.75, 3.05) is 0 Å². The van der Waals surface area contributed by atoms with E-state index in [9.17, 15) is 0 Å². The van der Waals surface area contributed by atoms with Crippen molar-refractivity contribution in [3.05, 3.63) is 199 Å². The van der Waals surface area contributed by atoms with Gasteiger partial charge in [-0.05, 0) is 60.7 Å². The van der Waals surface area contributed by atoms with Crippen LogP contribution in [0.1, 0.15) is 12.0 Å². The summed E-state index contributed by atoms with van der Waals surface area (Å²) in [6.07, 6.45) is 12.2. The lowest BCUT2D eigenvalue weighted by Gasteiger charge is -2.28. The third-order valence-electron chi connectivity index (χ3n) is 7.80. The normalized spacial score (nSPS) is 16.7. The lowest BCUT2D eigenvalue weighted by Crippen LogP contribution is -2.23. The second-order valence-corrected chi connectivity index (χ2v) is 15.1. The standard InChI is InChI=1S/C41H32OP2/c1-31-39(43(34-18-6-2-7-19-34)35-20-8-3-9-21-35)29-28-32-16-14-17-33(30-32)38-26-15-27-40(41(38)42-31)44(36-22-10-4-11-23-36)37-24-12-5-13-25-37/h2-15,17-30H,1,16H2/b32-28-,39-29+. The van der Waals surface area contributed by atoms with E-state index in [1.165, 1.54) is 32.1 Å². The van der Waals surface area contributed by atoms with E-state index in [1.807, 2.05) is 0 Å². The van der Waals surface area contributed by atoms with Crippen LogP contribution in [0.5, 0.6) is 5.75 Å².